The molecule has 0 spiro atoms. The molecule has 7 heteroatoms. The van der Waals surface area contributed by atoms with Crippen molar-refractivity contribution in [1.82, 2.24) is 5.32 Å². The lowest BCUT2D eigenvalue weighted by Crippen LogP contribution is -2.48. The van der Waals surface area contributed by atoms with Gasteiger partial charge in [0, 0.05) is 17.1 Å². The Morgan fingerprint density at radius 1 is 1.47 bits per heavy atom. The van der Waals surface area contributed by atoms with Gasteiger partial charge < -0.3 is 15.5 Å². The lowest BCUT2D eigenvalue weighted by Gasteiger charge is -2.21. The summed E-state index contributed by atoms with van der Waals surface area (Å²) in [4.78, 5) is 11.9. The lowest BCUT2D eigenvalue weighted by atomic mass is 10.2. The van der Waals surface area contributed by atoms with E-state index in [0.717, 1.165) is 7.14 Å². The van der Waals surface area contributed by atoms with Crippen LogP contribution in [0.2, 0.25) is 0 Å². The zero-order valence-corrected chi connectivity index (χ0v) is 15.2. The van der Waals surface area contributed by atoms with Crippen molar-refractivity contribution in [3.63, 3.8) is 0 Å². The maximum absolute atomic E-state index is 11.9. The first kappa shape index (κ1) is 15.9. The van der Waals surface area contributed by atoms with Gasteiger partial charge in [-0.05, 0) is 79.9 Å². The zero-order chi connectivity index (χ0) is 13.2. The summed E-state index contributed by atoms with van der Waals surface area (Å²) in [6, 6.07) is 4.73. The Labute approximate surface area is 140 Å². The van der Waals surface area contributed by atoms with E-state index in [1.54, 1.807) is 13.0 Å². The summed E-state index contributed by atoms with van der Waals surface area (Å²) in [6.45, 7) is 1.57. The second kappa shape index (κ2) is 6.30. The molecule has 0 aliphatic carbocycles. The standard InChI is InChI=1S/C10H9I3NO3/c1-2-10(16,17)14-9(15)7-5(11)3-4-6(12)8(7)13/h4,16-17H,2H2,1H3,(H,14,15). The first-order valence-corrected chi connectivity index (χ1v) is 7.84. The zero-order valence-electron chi connectivity index (χ0n) is 8.72. The SMILES string of the molecule is CCC(O)(O)NC(=O)c1c(I)[c]cc(I)c1I. The molecule has 0 fully saturated rings. The smallest absolute Gasteiger partial charge is 0.257 e. The molecule has 93 valence electrons. The lowest BCUT2D eigenvalue weighted by molar-refractivity contribution is -0.177. The predicted molar refractivity (Wildman–Crippen MR) is 88.4 cm³/mol. The van der Waals surface area contributed by atoms with Crippen molar-refractivity contribution in [1.29, 1.82) is 0 Å². The maximum atomic E-state index is 11.9. The van der Waals surface area contributed by atoms with Crippen LogP contribution in [0.4, 0.5) is 0 Å². The minimum Gasteiger partial charge on any atom is -0.349 e. The highest BCUT2D eigenvalue weighted by molar-refractivity contribution is 14.1. The van der Waals surface area contributed by atoms with Gasteiger partial charge >= 0.3 is 0 Å². The fourth-order valence-corrected chi connectivity index (χ4v) is 3.29. The molecule has 0 aromatic heterocycles. The fraction of sp³-hybridized carbons (Fsp3) is 0.300. The van der Waals surface area contributed by atoms with Crippen LogP contribution >= 0.6 is 67.8 Å². The van der Waals surface area contributed by atoms with E-state index in [1.807, 2.05) is 22.6 Å². The Morgan fingerprint density at radius 3 is 2.59 bits per heavy atom. The van der Waals surface area contributed by atoms with Crippen LogP contribution < -0.4 is 5.32 Å². The summed E-state index contributed by atoms with van der Waals surface area (Å²) >= 11 is 6.15. The number of aliphatic hydroxyl groups is 2. The molecule has 3 N–H and O–H groups in total. The van der Waals surface area contributed by atoms with Crippen LogP contribution in [-0.4, -0.2) is 22.0 Å². The van der Waals surface area contributed by atoms with Crippen LogP contribution in [0.1, 0.15) is 23.7 Å². The highest BCUT2D eigenvalue weighted by atomic mass is 127. The number of halogens is 3. The van der Waals surface area contributed by atoms with Gasteiger partial charge in [0.1, 0.15) is 0 Å². The molecule has 0 unspecified atom stereocenters. The van der Waals surface area contributed by atoms with E-state index in [1.165, 1.54) is 0 Å². The molecule has 0 heterocycles. The number of benzene rings is 1. The Hall–Kier alpha value is 0.800. The molecular weight excluding hydrogens is 563 g/mol. The third-order valence-electron chi connectivity index (χ3n) is 2.01. The van der Waals surface area contributed by atoms with E-state index in [0.29, 0.717) is 9.13 Å². The topological polar surface area (TPSA) is 69.6 Å². The molecule has 17 heavy (non-hydrogen) atoms. The first-order chi connectivity index (χ1) is 7.78. The molecule has 0 aliphatic rings. The molecule has 1 radical (unpaired) electrons. The van der Waals surface area contributed by atoms with Crippen LogP contribution in [0, 0.1) is 16.8 Å². The number of amides is 1. The van der Waals surface area contributed by atoms with Gasteiger partial charge in [0.2, 0.25) is 5.91 Å². The third kappa shape index (κ3) is 4.14. The van der Waals surface area contributed by atoms with Crippen molar-refractivity contribution in [3.8, 4) is 0 Å². The summed E-state index contributed by atoms with van der Waals surface area (Å²) < 4.78 is 2.32. The molecule has 0 aliphatic heterocycles. The van der Waals surface area contributed by atoms with Gasteiger partial charge in [-0.1, -0.05) is 6.92 Å². The van der Waals surface area contributed by atoms with E-state index in [-0.39, 0.29) is 6.42 Å². The molecular formula is C10H9I3NO3. The Morgan fingerprint density at radius 2 is 2.06 bits per heavy atom. The Kier molecular flexibility index (Phi) is 5.88. The third-order valence-corrected chi connectivity index (χ3v) is 5.86. The molecule has 1 rings (SSSR count). The van der Waals surface area contributed by atoms with Crippen LogP contribution in [0.3, 0.4) is 0 Å². The van der Waals surface area contributed by atoms with Gasteiger partial charge in [0.15, 0.2) is 0 Å². The molecule has 1 aromatic rings. The van der Waals surface area contributed by atoms with E-state index in [2.05, 4.69) is 56.6 Å². The quantitative estimate of drug-likeness (QED) is 0.296. The maximum Gasteiger partial charge on any atom is 0.257 e. The number of carbonyl (C=O) groups is 1. The molecule has 4 nitrogen and oxygen atoms in total. The average molecular weight is 572 g/mol. The summed E-state index contributed by atoms with van der Waals surface area (Å²) in [5.41, 5.74) is 0.416. The summed E-state index contributed by atoms with van der Waals surface area (Å²) in [6.07, 6.45) is 0.0134. The molecule has 0 atom stereocenters. The number of hydrogen-bond donors (Lipinski definition) is 3. The average Bonchev–Trinajstić information content (AvgIpc) is 2.23. The normalized spacial score (nSPS) is 11.4. The highest BCUT2D eigenvalue weighted by Gasteiger charge is 2.26. The second-order valence-electron chi connectivity index (χ2n) is 3.26. The van der Waals surface area contributed by atoms with Gasteiger partial charge in [0.25, 0.3) is 5.91 Å². The largest absolute Gasteiger partial charge is 0.349 e. The van der Waals surface area contributed by atoms with E-state index in [9.17, 15) is 15.0 Å². The van der Waals surface area contributed by atoms with Gasteiger partial charge in [-0.15, -0.1) is 0 Å². The van der Waals surface area contributed by atoms with Crippen molar-refractivity contribution in [2.24, 2.45) is 0 Å². The minimum atomic E-state index is -2.18. The van der Waals surface area contributed by atoms with Crippen LogP contribution in [0.5, 0.6) is 0 Å². The van der Waals surface area contributed by atoms with Crippen molar-refractivity contribution in [2.75, 3.05) is 0 Å². The van der Waals surface area contributed by atoms with Crippen molar-refractivity contribution in [3.05, 3.63) is 28.4 Å². The molecule has 0 saturated carbocycles. The van der Waals surface area contributed by atoms with Crippen molar-refractivity contribution in [2.45, 2.75) is 19.3 Å². The highest BCUT2D eigenvalue weighted by Crippen LogP contribution is 2.24. The number of hydrogen-bond acceptors (Lipinski definition) is 3. The van der Waals surface area contributed by atoms with Crippen LogP contribution in [-0.2, 0) is 0 Å². The fourth-order valence-electron chi connectivity index (χ4n) is 1.01. The molecule has 0 bridgehead atoms. The molecule has 1 amide bonds. The van der Waals surface area contributed by atoms with E-state index in [4.69, 9.17) is 0 Å². The Bertz CT molecular complexity index is 449. The Balaban J connectivity index is 3.09. The predicted octanol–water partition coefficient (Wildman–Crippen LogP) is 2.08. The summed E-state index contributed by atoms with van der Waals surface area (Å²) in [7, 11) is 0. The van der Waals surface area contributed by atoms with Gasteiger partial charge in [-0.2, -0.15) is 0 Å². The monoisotopic (exact) mass is 572 g/mol. The number of rotatable bonds is 3. The van der Waals surface area contributed by atoms with E-state index >= 15 is 0 Å². The van der Waals surface area contributed by atoms with Gasteiger partial charge in [-0.3, -0.25) is 4.79 Å². The number of carbonyl (C=O) groups excluding carboxylic acids is 1. The van der Waals surface area contributed by atoms with Crippen LogP contribution in [0.25, 0.3) is 0 Å². The molecule has 0 saturated heterocycles. The second-order valence-corrected chi connectivity index (χ2v) is 6.58. The van der Waals surface area contributed by atoms with Gasteiger partial charge in [0.05, 0.1) is 5.56 Å². The van der Waals surface area contributed by atoms with Gasteiger partial charge in [-0.25, -0.2) is 0 Å². The summed E-state index contributed by atoms with van der Waals surface area (Å²) in [5.74, 6) is -2.69. The van der Waals surface area contributed by atoms with E-state index < -0.39 is 11.8 Å². The first-order valence-electron chi connectivity index (χ1n) is 4.61. The summed E-state index contributed by atoms with van der Waals surface area (Å²) in [5, 5.41) is 21.0. The molecule has 1 aromatic carbocycles. The number of nitrogens with one attached hydrogen (secondary N) is 1. The van der Waals surface area contributed by atoms with Crippen molar-refractivity contribution >= 4 is 73.7 Å². The minimum absolute atomic E-state index is 0.0134. The van der Waals surface area contributed by atoms with Crippen LogP contribution in [0.15, 0.2) is 6.07 Å². The van der Waals surface area contributed by atoms with Crippen molar-refractivity contribution < 1.29 is 15.0 Å².